The lowest BCUT2D eigenvalue weighted by molar-refractivity contribution is -0.148. The molecule has 4 nitrogen and oxygen atoms in total. The van der Waals surface area contributed by atoms with Crippen molar-refractivity contribution in [1.29, 1.82) is 0 Å². The molecule has 1 aromatic rings. The maximum absolute atomic E-state index is 13.3. The lowest BCUT2D eigenvalue weighted by Gasteiger charge is -2.43. The van der Waals surface area contributed by atoms with E-state index in [1.165, 1.54) is 24.8 Å². The third kappa shape index (κ3) is 3.47. The first kappa shape index (κ1) is 17.0. The highest BCUT2D eigenvalue weighted by Crippen LogP contribution is 2.45. The molecule has 2 heterocycles. The minimum Gasteiger partial charge on any atom is -0.373 e. The molecule has 0 spiro atoms. The summed E-state index contributed by atoms with van der Waals surface area (Å²) in [6, 6.07) is 10.3. The van der Waals surface area contributed by atoms with Gasteiger partial charge in [-0.2, -0.15) is 0 Å². The van der Waals surface area contributed by atoms with Gasteiger partial charge in [-0.05, 0) is 43.7 Å². The van der Waals surface area contributed by atoms with Gasteiger partial charge in [0.25, 0.3) is 0 Å². The summed E-state index contributed by atoms with van der Waals surface area (Å²) in [6.07, 6.45) is 7.01. The molecule has 25 heavy (non-hydrogen) atoms. The van der Waals surface area contributed by atoms with Crippen LogP contribution in [-0.4, -0.2) is 43.1 Å². The van der Waals surface area contributed by atoms with Crippen LogP contribution in [0.3, 0.4) is 0 Å². The van der Waals surface area contributed by atoms with Crippen molar-refractivity contribution in [2.45, 2.75) is 51.2 Å². The number of fused-ring (bicyclic) bond motifs is 1. The number of hydrogen-bond donors (Lipinski definition) is 1. The van der Waals surface area contributed by atoms with Crippen LogP contribution in [-0.2, 0) is 16.1 Å². The Morgan fingerprint density at radius 1 is 1.16 bits per heavy atom. The Hall–Kier alpha value is -1.39. The predicted molar refractivity (Wildman–Crippen MR) is 98.1 cm³/mol. The molecule has 2 saturated heterocycles. The Bertz CT molecular complexity index is 583. The fourth-order valence-electron chi connectivity index (χ4n) is 5.00. The zero-order valence-corrected chi connectivity index (χ0v) is 15.1. The van der Waals surface area contributed by atoms with Crippen LogP contribution in [0.2, 0.25) is 0 Å². The summed E-state index contributed by atoms with van der Waals surface area (Å²) in [5.74, 6) is 0.976. The fraction of sp³-hybridized carbons (Fsp3) is 0.667. The fourth-order valence-corrected chi connectivity index (χ4v) is 5.00. The van der Waals surface area contributed by atoms with Crippen LogP contribution in [0.5, 0.6) is 0 Å². The van der Waals surface area contributed by atoms with Crippen molar-refractivity contribution < 1.29 is 9.53 Å². The van der Waals surface area contributed by atoms with Crippen molar-refractivity contribution in [2.75, 3.05) is 26.2 Å². The monoisotopic (exact) mass is 342 g/mol. The van der Waals surface area contributed by atoms with Crippen LogP contribution in [0.1, 0.15) is 44.1 Å². The van der Waals surface area contributed by atoms with Gasteiger partial charge in [0.15, 0.2) is 0 Å². The van der Waals surface area contributed by atoms with E-state index in [0.717, 1.165) is 45.4 Å². The van der Waals surface area contributed by atoms with Gasteiger partial charge in [-0.1, -0.05) is 43.2 Å². The Morgan fingerprint density at radius 3 is 2.76 bits per heavy atom. The summed E-state index contributed by atoms with van der Waals surface area (Å²) in [6.45, 7) is 4.30. The van der Waals surface area contributed by atoms with Crippen molar-refractivity contribution in [3.05, 3.63) is 35.9 Å². The third-order valence-electron chi connectivity index (χ3n) is 6.52. The number of likely N-dealkylation sites (tertiary alicyclic amines) is 1. The summed E-state index contributed by atoms with van der Waals surface area (Å²) in [5, 5.41) is 3.50. The number of carbonyl (C=O) groups is 1. The average Bonchev–Trinajstić information content (AvgIpc) is 3.12. The van der Waals surface area contributed by atoms with E-state index >= 15 is 0 Å². The first-order chi connectivity index (χ1) is 12.3. The Kier molecular flexibility index (Phi) is 5.09. The SMILES string of the molecule is O=C(N1CCC(OCc2ccccc2)CC1)[C@@]12CCCC[C@H]1CNC2. The number of ether oxygens (including phenoxy) is 1. The molecule has 0 unspecified atom stereocenters. The Morgan fingerprint density at radius 2 is 1.96 bits per heavy atom. The van der Waals surface area contributed by atoms with E-state index in [0.29, 0.717) is 18.4 Å². The van der Waals surface area contributed by atoms with Crippen LogP contribution < -0.4 is 5.32 Å². The smallest absolute Gasteiger partial charge is 0.230 e. The summed E-state index contributed by atoms with van der Waals surface area (Å²) in [4.78, 5) is 15.4. The molecule has 0 bridgehead atoms. The van der Waals surface area contributed by atoms with E-state index in [2.05, 4.69) is 34.5 Å². The largest absolute Gasteiger partial charge is 0.373 e. The number of nitrogens with zero attached hydrogens (tertiary/aromatic N) is 1. The molecule has 1 saturated carbocycles. The predicted octanol–water partition coefficient (Wildman–Crippen LogP) is 2.97. The molecule has 1 N–H and O–H groups in total. The zero-order valence-electron chi connectivity index (χ0n) is 15.1. The molecule has 3 aliphatic rings. The van der Waals surface area contributed by atoms with Crippen LogP contribution in [0.25, 0.3) is 0 Å². The first-order valence-electron chi connectivity index (χ1n) is 9.93. The molecule has 1 amide bonds. The highest BCUT2D eigenvalue weighted by atomic mass is 16.5. The van der Waals surface area contributed by atoms with Crippen LogP contribution >= 0.6 is 0 Å². The number of nitrogens with one attached hydrogen (secondary N) is 1. The van der Waals surface area contributed by atoms with E-state index in [-0.39, 0.29) is 11.5 Å². The van der Waals surface area contributed by atoms with E-state index in [1.807, 2.05) is 6.07 Å². The molecule has 1 aromatic carbocycles. The number of benzene rings is 1. The summed E-state index contributed by atoms with van der Waals surface area (Å²) in [5.41, 5.74) is 1.12. The maximum Gasteiger partial charge on any atom is 0.230 e. The van der Waals surface area contributed by atoms with Gasteiger partial charge in [0.2, 0.25) is 5.91 Å². The Labute approximate surface area is 150 Å². The van der Waals surface area contributed by atoms with Crippen LogP contribution in [0, 0.1) is 11.3 Å². The molecule has 4 heteroatoms. The lowest BCUT2D eigenvalue weighted by atomic mass is 9.67. The lowest BCUT2D eigenvalue weighted by Crippen LogP contribution is -2.52. The van der Waals surface area contributed by atoms with Crippen LogP contribution in [0.15, 0.2) is 30.3 Å². The molecule has 0 radical (unpaired) electrons. The number of rotatable bonds is 4. The average molecular weight is 342 g/mol. The minimum atomic E-state index is -0.101. The zero-order chi connectivity index (χ0) is 17.1. The second-order valence-electron chi connectivity index (χ2n) is 8.02. The second-order valence-corrected chi connectivity index (χ2v) is 8.02. The van der Waals surface area contributed by atoms with Gasteiger partial charge in [0.05, 0.1) is 18.1 Å². The quantitative estimate of drug-likeness (QED) is 0.915. The highest BCUT2D eigenvalue weighted by molar-refractivity contribution is 5.84. The maximum atomic E-state index is 13.3. The van der Waals surface area contributed by atoms with E-state index < -0.39 is 0 Å². The molecule has 0 aromatic heterocycles. The number of piperidine rings is 1. The summed E-state index contributed by atoms with van der Waals surface area (Å²) < 4.78 is 6.08. The van der Waals surface area contributed by atoms with Crippen LogP contribution in [0.4, 0.5) is 0 Å². The molecular formula is C21H30N2O2. The van der Waals surface area contributed by atoms with Crippen molar-refractivity contribution in [3.63, 3.8) is 0 Å². The highest BCUT2D eigenvalue weighted by Gasteiger charge is 2.51. The van der Waals surface area contributed by atoms with Gasteiger partial charge in [-0.3, -0.25) is 4.79 Å². The molecule has 4 rings (SSSR count). The molecule has 1 aliphatic carbocycles. The second kappa shape index (κ2) is 7.46. The summed E-state index contributed by atoms with van der Waals surface area (Å²) >= 11 is 0. The molecule has 2 atom stereocenters. The van der Waals surface area contributed by atoms with Gasteiger partial charge in [0, 0.05) is 19.6 Å². The van der Waals surface area contributed by atoms with Gasteiger partial charge in [-0.15, -0.1) is 0 Å². The van der Waals surface area contributed by atoms with Gasteiger partial charge in [-0.25, -0.2) is 0 Å². The third-order valence-corrected chi connectivity index (χ3v) is 6.52. The minimum absolute atomic E-state index is 0.101. The Balaban J connectivity index is 1.30. The van der Waals surface area contributed by atoms with E-state index in [9.17, 15) is 4.79 Å². The van der Waals surface area contributed by atoms with Gasteiger partial charge < -0.3 is 15.0 Å². The van der Waals surface area contributed by atoms with Gasteiger partial charge in [0.1, 0.15) is 0 Å². The van der Waals surface area contributed by atoms with Crippen molar-refractivity contribution in [1.82, 2.24) is 10.2 Å². The molecule has 3 fully saturated rings. The molecular weight excluding hydrogens is 312 g/mol. The standard InChI is InChI=1S/C21H30N2O2/c24-20(21-11-5-4-8-18(21)14-22-16-21)23-12-9-19(10-13-23)25-15-17-6-2-1-3-7-17/h1-3,6-7,18-19,22H,4-5,8-16H2/t18-,21+/m0/s1. The normalized spacial score (nSPS) is 30.2. The molecule has 2 aliphatic heterocycles. The van der Waals surface area contributed by atoms with Crippen molar-refractivity contribution in [2.24, 2.45) is 11.3 Å². The van der Waals surface area contributed by atoms with E-state index in [1.54, 1.807) is 0 Å². The topological polar surface area (TPSA) is 41.6 Å². The number of carbonyl (C=O) groups excluding carboxylic acids is 1. The van der Waals surface area contributed by atoms with Crippen molar-refractivity contribution in [3.8, 4) is 0 Å². The first-order valence-corrected chi connectivity index (χ1v) is 9.93. The summed E-state index contributed by atoms with van der Waals surface area (Å²) in [7, 11) is 0. The van der Waals surface area contributed by atoms with Gasteiger partial charge >= 0.3 is 0 Å². The van der Waals surface area contributed by atoms with E-state index in [4.69, 9.17) is 4.74 Å². The number of amides is 1. The van der Waals surface area contributed by atoms with Crippen molar-refractivity contribution >= 4 is 5.91 Å². The number of hydrogen-bond acceptors (Lipinski definition) is 3. The molecule has 136 valence electrons.